The van der Waals surface area contributed by atoms with Gasteiger partial charge in [0, 0.05) is 11.1 Å². The normalized spacial score (nSPS) is 11.5. The van der Waals surface area contributed by atoms with Gasteiger partial charge in [0.25, 0.3) is 5.91 Å². The van der Waals surface area contributed by atoms with E-state index >= 15 is 0 Å². The van der Waals surface area contributed by atoms with Crippen LogP contribution in [0.4, 0.5) is 18.9 Å². The van der Waals surface area contributed by atoms with Crippen molar-refractivity contribution in [3.63, 3.8) is 0 Å². The molecule has 4 nitrogen and oxygen atoms in total. The Hall–Kier alpha value is -2.49. The molecule has 0 spiro atoms. The molecule has 0 bridgehead atoms. The Kier molecular flexibility index (Phi) is 7.25. The van der Waals surface area contributed by atoms with Crippen molar-refractivity contribution in [1.82, 2.24) is 0 Å². The van der Waals surface area contributed by atoms with Crippen LogP contribution in [0.1, 0.15) is 28.4 Å². The molecule has 0 aliphatic carbocycles. The van der Waals surface area contributed by atoms with E-state index in [9.17, 15) is 27.9 Å². The van der Waals surface area contributed by atoms with E-state index in [1.165, 1.54) is 43.3 Å². The molecule has 0 aromatic heterocycles. The summed E-state index contributed by atoms with van der Waals surface area (Å²) in [6, 6.07) is 10.1. The summed E-state index contributed by atoms with van der Waals surface area (Å²) in [5.41, 5.74) is -0.262. The van der Waals surface area contributed by atoms with Crippen molar-refractivity contribution in [2.45, 2.75) is 13.1 Å². The summed E-state index contributed by atoms with van der Waals surface area (Å²) in [5.74, 6) is -2.01. The number of rotatable bonds is 4. The molecule has 0 radical (unpaired) electrons. The minimum Gasteiger partial charge on any atom is -0.545 e. The number of carboxylic acids is 1. The smallest absolute Gasteiger partial charge is 0.545 e. The number of anilines is 1. The molecule has 1 amide bonds. The molecule has 26 heavy (non-hydrogen) atoms. The molecular weight excluding hydrogens is 342 g/mol. The third-order valence-corrected chi connectivity index (χ3v) is 3.37. The second-order valence-corrected chi connectivity index (χ2v) is 5.23. The van der Waals surface area contributed by atoms with Gasteiger partial charge in [-0.25, -0.2) is 0 Å². The van der Waals surface area contributed by atoms with Crippen molar-refractivity contribution in [3.8, 4) is 0 Å². The molecule has 0 atom stereocenters. The topological polar surface area (TPSA) is 69.2 Å². The Morgan fingerprint density at radius 3 is 2.15 bits per heavy atom. The van der Waals surface area contributed by atoms with Crippen LogP contribution in [0.15, 0.2) is 54.1 Å². The van der Waals surface area contributed by atoms with Gasteiger partial charge in [0.05, 0.1) is 17.2 Å². The number of carbonyl (C=O) groups is 2. The van der Waals surface area contributed by atoms with Crippen LogP contribution in [0.2, 0.25) is 0 Å². The average molecular weight is 355 g/mol. The van der Waals surface area contributed by atoms with Crippen LogP contribution in [0.3, 0.4) is 0 Å². The number of carboxylic acid groups (broad SMARTS) is 1. The minimum atomic E-state index is -4.43. The van der Waals surface area contributed by atoms with Gasteiger partial charge in [0.1, 0.15) is 0 Å². The predicted octanol–water partition coefficient (Wildman–Crippen LogP) is 0.115. The first-order chi connectivity index (χ1) is 11.7. The Morgan fingerprint density at radius 1 is 1.04 bits per heavy atom. The van der Waals surface area contributed by atoms with Crippen molar-refractivity contribution < 1.29 is 46.7 Å². The maximum absolute atomic E-state index is 12.5. The molecule has 2 aromatic rings. The number of amides is 1. The van der Waals surface area contributed by atoms with Crippen LogP contribution in [0.5, 0.6) is 0 Å². The molecule has 130 valence electrons. The zero-order valence-corrected chi connectivity index (χ0v) is 14.1. The molecule has 0 saturated heterocycles. The maximum atomic E-state index is 12.5. The molecule has 0 saturated carbocycles. The van der Waals surface area contributed by atoms with Gasteiger partial charge in [-0.05, 0) is 36.8 Å². The fourth-order valence-corrected chi connectivity index (χ4v) is 2.07. The van der Waals surface area contributed by atoms with E-state index < -0.39 is 23.6 Å². The molecule has 2 aromatic carbocycles. The first kappa shape index (κ1) is 21.5. The van der Waals surface area contributed by atoms with E-state index in [2.05, 4.69) is 5.32 Å². The summed E-state index contributed by atoms with van der Waals surface area (Å²) in [6.07, 6.45) is -3.03. The molecule has 0 aliphatic rings. The first-order valence-electron chi connectivity index (χ1n) is 7.16. The molecule has 0 unspecified atom stereocenters. The van der Waals surface area contributed by atoms with E-state index in [0.29, 0.717) is 5.56 Å². The Balaban J connectivity index is 0.00000338. The second-order valence-electron chi connectivity index (χ2n) is 5.23. The number of alkyl halides is 3. The van der Waals surface area contributed by atoms with Crippen LogP contribution < -0.4 is 29.3 Å². The van der Waals surface area contributed by atoms with Crippen molar-refractivity contribution >= 4 is 23.6 Å². The molecule has 0 heterocycles. The number of aromatic carboxylic acids is 1. The van der Waals surface area contributed by atoms with E-state index in [4.69, 9.17) is 0 Å². The number of hydrogen-bond acceptors (Lipinski definition) is 3. The summed E-state index contributed by atoms with van der Waals surface area (Å²) in [4.78, 5) is 23.2. The van der Waals surface area contributed by atoms with Crippen LogP contribution in [0, 0.1) is 0 Å². The van der Waals surface area contributed by atoms with Gasteiger partial charge in [0.2, 0.25) is 0 Å². The SMILES string of the molecule is C/C(=C\c1ccc(C(F)(F)F)cc1)C(=O)Nc1ccccc1C(=O)[O-].[Li+]. The monoisotopic (exact) mass is 355 g/mol. The number of benzene rings is 2. The Bertz CT molecular complexity index is 830. The van der Waals surface area contributed by atoms with Gasteiger partial charge >= 0.3 is 25.0 Å². The van der Waals surface area contributed by atoms with Crippen molar-refractivity contribution in [1.29, 1.82) is 0 Å². The number of halogens is 3. The van der Waals surface area contributed by atoms with E-state index in [1.807, 2.05) is 0 Å². The Morgan fingerprint density at radius 2 is 1.62 bits per heavy atom. The number of carbonyl (C=O) groups excluding carboxylic acids is 2. The molecule has 1 N–H and O–H groups in total. The summed E-state index contributed by atoms with van der Waals surface area (Å²) >= 11 is 0. The quantitative estimate of drug-likeness (QED) is 0.626. The van der Waals surface area contributed by atoms with E-state index in [0.717, 1.165) is 12.1 Å². The Labute approximate surface area is 159 Å². The minimum absolute atomic E-state index is 0. The fourth-order valence-electron chi connectivity index (χ4n) is 2.07. The predicted molar refractivity (Wildman–Crippen MR) is 84.5 cm³/mol. The molecule has 0 fully saturated rings. The molecule has 2 rings (SSSR count). The van der Waals surface area contributed by atoms with Crippen LogP contribution in [-0.2, 0) is 11.0 Å². The summed E-state index contributed by atoms with van der Waals surface area (Å²) < 4.78 is 37.6. The fraction of sp³-hybridized carbons (Fsp3) is 0.111. The molecular formula is C18H13F3LiNO3. The number of nitrogens with one attached hydrogen (secondary N) is 1. The molecule has 0 aliphatic heterocycles. The zero-order chi connectivity index (χ0) is 18.6. The van der Waals surface area contributed by atoms with E-state index in [1.54, 1.807) is 6.07 Å². The standard InChI is InChI=1S/C18H14F3NO3.Li/c1-11(10-12-6-8-13(9-7-12)18(19,20)21)16(23)22-15-5-3-2-4-14(15)17(24)25;/h2-10H,1H3,(H,22,23)(H,24,25);/q;+1/p-1/b11-10+;. The largest absolute Gasteiger partial charge is 1.00 e. The van der Waals surface area contributed by atoms with Crippen LogP contribution >= 0.6 is 0 Å². The van der Waals surface area contributed by atoms with Gasteiger partial charge < -0.3 is 15.2 Å². The van der Waals surface area contributed by atoms with Crippen molar-refractivity contribution in [2.24, 2.45) is 0 Å². The number of para-hydroxylation sites is 1. The van der Waals surface area contributed by atoms with Crippen molar-refractivity contribution in [3.05, 3.63) is 70.8 Å². The zero-order valence-electron chi connectivity index (χ0n) is 14.1. The van der Waals surface area contributed by atoms with Gasteiger partial charge in [-0.3, -0.25) is 4.79 Å². The summed E-state index contributed by atoms with van der Waals surface area (Å²) in [5, 5.41) is 13.4. The van der Waals surface area contributed by atoms with Crippen LogP contribution in [-0.4, -0.2) is 11.9 Å². The number of hydrogen-bond donors (Lipinski definition) is 1. The summed E-state index contributed by atoms with van der Waals surface area (Å²) in [7, 11) is 0. The van der Waals surface area contributed by atoms with Gasteiger partial charge in [0.15, 0.2) is 0 Å². The maximum Gasteiger partial charge on any atom is 1.00 e. The summed E-state index contributed by atoms with van der Waals surface area (Å²) in [6.45, 7) is 1.47. The van der Waals surface area contributed by atoms with Crippen molar-refractivity contribution in [2.75, 3.05) is 5.32 Å². The third-order valence-electron chi connectivity index (χ3n) is 3.37. The van der Waals surface area contributed by atoms with Gasteiger partial charge in [-0.15, -0.1) is 0 Å². The van der Waals surface area contributed by atoms with Gasteiger partial charge in [-0.2, -0.15) is 13.2 Å². The van der Waals surface area contributed by atoms with Gasteiger partial charge in [-0.1, -0.05) is 30.3 Å². The van der Waals surface area contributed by atoms with Crippen LogP contribution in [0.25, 0.3) is 6.08 Å². The molecule has 8 heteroatoms. The first-order valence-corrected chi connectivity index (χ1v) is 7.16. The average Bonchev–Trinajstić information content (AvgIpc) is 2.54. The second kappa shape index (κ2) is 8.74. The van der Waals surface area contributed by atoms with E-state index in [-0.39, 0.29) is 35.7 Å². The third kappa shape index (κ3) is 5.51.